The molecule has 4 nitrogen and oxygen atoms in total. The monoisotopic (exact) mass is 444 g/mol. The van der Waals surface area contributed by atoms with Gasteiger partial charge in [-0.2, -0.15) is 13.2 Å². The van der Waals surface area contributed by atoms with Gasteiger partial charge >= 0.3 is 6.18 Å². The van der Waals surface area contributed by atoms with Crippen LogP contribution in [0.3, 0.4) is 0 Å². The van der Waals surface area contributed by atoms with Gasteiger partial charge in [0.05, 0.1) is 13.1 Å². The van der Waals surface area contributed by atoms with Crippen molar-refractivity contribution < 1.29 is 13.2 Å². The Morgan fingerprint density at radius 3 is 2.39 bits per heavy atom. The van der Waals surface area contributed by atoms with Crippen LogP contribution in [0.1, 0.15) is 12.5 Å². The van der Waals surface area contributed by atoms with Crippen molar-refractivity contribution in [3.63, 3.8) is 0 Å². The second kappa shape index (κ2) is 11.5. The fraction of sp³-hybridized carbons (Fsp3) is 0.533. The molecule has 0 aliphatic carbocycles. The summed E-state index contributed by atoms with van der Waals surface area (Å²) in [5, 5.41) is 6.11. The number of rotatable bonds is 7. The molecule has 0 aliphatic heterocycles. The van der Waals surface area contributed by atoms with E-state index in [2.05, 4.69) is 15.6 Å². The van der Waals surface area contributed by atoms with Crippen LogP contribution in [0.4, 0.5) is 13.2 Å². The second-order valence-electron chi connectivity index (χ2n) is 4.96. The molecule has 0 fully saturated rings. The average Bonchev–Trinajstić information content (AvgIpc) is 2.44. The Kier molecular flexibility index (Phi) is 11.0. The third-order valence-electron chi connectivity index (χ3n) is 2.84. The van der Waals surface area contributed by atoms with Crippen LogP contribution in [0.15, 0.2) is 35.3 Å². The number of nitrogens with zero attached hydrogens (tertiary/aromatic N) is 2. The van der Waals surface area contributed by atoms with Crippen LogP contribution in [-0.4, -0.2) is 50.3 Å². The van der Waals surface area contributed by atoms with Crippen molar-refractivity contribution in [3.05, 3.63) is 35.9 Å². The summed E-state index contributed by atoms with van der Waals surface area (Å²) >= 11 is 0. The summed E-state index contributed by atoms with van der Waals surface area (Å²) in [4.78, 5) is 5.64. The summed E-state index contributed by atoms with van der Waals surface area (Å²) in [6.45, 7) is 2.93. The molecule has 0 saturated heterocycles. The summed E-state index contributed by atoms with van der Waals surface area (Å²) in [7, 11) is 1.45. The standard InChI is InChI=1S/C15H23F3N4.HI/c1-3-19-14(21-11-13-7-5-4-6-8-13)20-9-10-22(2)12-15(16,17)18;/h4-8H,3,9-12H2,1-2H3,(H2,19,20,21);1H. The lowest BCUT2D eigenvalue weighted by molar-refractivity contribution is -0.142. The molecule has 8 heteroatoms. The molecule has 0 atom stereocenters. The predicted octanol–water partition coefficient (Wildman–Crippen LogP) is 2.85. The van der Waals surface area contributed by atoms with Gasteiger partial charge in [0.25, 0.3) is 0 Å². The van der Waals surface area contributed by atoms with Crippen molar-refractivity contribution in [2.75, 3.05) is 33.2 Å². The molecule has 0 amide bonds. The van der Waals surface area contributed by atoms with E-state index in [1.165, 1.54) is 11.9 Å². The lowest BCUT2D eigenvalue weighted by Crippen LogP contribution is -2.42. The SMILES string of the molecule is CCNC(=NCc1ccccc1)NCCN(C)CC(F)(F)F.I. The highest BCUT2D eigenvalue weighted by molar-refractivity contribution is 14.0. The van der Waals surface area contributed by atoms with Crippen molar-refractivity contribution >= 4 is 29.9 Å². The highest BCUT2D eigenvalue weighted by Gasteiger charge is 2.28. The fourth-order valence-corrected chi connectivity index (χ4v) is 1.85. The molecule has 0 bridgehead atoms. The van der Waals surface area contributed by atoms with E-state index in [0.717, 1.165) is 5.56 Å². The number of hydrogen-bond donors (Lipinski definition) is 2. The van der Waals surface area contributed by atoms with Crippen molar-refractivity contribution in [2.45, 2.75) is 19.6 Å². The van der Waals surface area contributed by atoms with Gasteiger partial charge in [0.2, 0.25) is 0 Å². The van der Waals surface area contributed by atoms with E-state index in [4.69, 9.17) is 0 Å². The number of likely N-dealkylation sites (N-methyl/N-ethyl adjacent to an activating group) is 1. The minimum atomic E-state index is -4.17. The summed E-state index contributed by atoms with van der Waals surface area (Å²) in [6, 6.07) is 9.77. The van der Waals surface area contributed by atoms with E-state index >= 15 is 0 Å². The van der Waals surface area contributed by atoms with Gasteiger partial charge in [-0.3, -0.25) is 4.90 Å². The van der Waals surface area contributed by atoms with Crippen molar-refractivity contribution in [3.8, 4) is 0 Å². The maximum atomic E-state index is 12.2. The van der Waals surface area contributed by atoms with Crippen molar-refractivity contribution in [2.24, 2.45) is 4.99 Å². The predicted molar refractivity (Wildman–Crippen MR) is 98.2 cm³/mol. The first-order valence-electron chi connectivity index (χ1n) is 7.22. The van der Waals surface area contributed by atoms with Gasteiger partial charge in [0, 0.05) is 19.6 Å². The highest BCUT2D eigenvalue weighted by Crippen LogP contribution is 2.14. The Morgan fingerprint density at radius 2 is 1.83 bits per heavy atom. The number of alkyl halides is 3. The molecule has 0 unspecified atom stereocenters. The van der Waals surface area contributed by atoms with E-state index in [1.54, 1.807) is 0 Å². The van der Waals surface area contributed by atoms with E-state index in [1.807, 2.05) is 37.3 Å². The number of halogens is 4. The zero-order chi connectivity index (χ0) is 16.4. The molecule has 1 aromatic rings. The molecule has 23 heavy (non-hydrogen) atoms. The summed E-state index contributed by atoms with van der Waals surface area (Å²) in [5.74, 6) is 0.603. The van der Waals surface area contributed by atoms with Crippen LogP contribution in [0.25, 0.3) is 0 Å². The highest BCUT2D eigenvalue weighted by atomic mass is 127. The number of benzene rings is 1. The van der Waals surface area contributed by atoms with Crippen LogP contribution in [-0.2, 0) is 6.54 Å². The van der Waals surface area contributed by atoms with E-state index in [-0.39, 0.29) is 30.5 Å². The Bertz CT molecular complexity index is 452. The van der Waals surface area contributed by atoms with Crippen LogP contribution < -0.4 is 10.6 Å². The molecule has 1 rings (SSSR count). The fourth-order valence-electron chi connectivity index (χ4n) is 1.85. The summed E-state index contributed by atoms with van der Waals surface area (Å²) in [6.07, 6.45) is -4.17. The molecule has 0 spiro atoms. The quantitative estimate of drug-likeness (QED) is 0.386. The van der Waals surface area contributed by atoms with Gasteiger partial charge in [-0.15, -0.1) is 24.0 Å². The Balaban J connectivity index is 0.00000484. The molecule has 1 aromatic carbocycles. The van der Waals surface area contributed by atoms with Gasteiger partial charge < -0.3 is 10.6 Å². The zero-order valence-corrected chi connectivity index (χ0v) is 15.7. The average molecular weight is 444 g/mol. The first-order chi connectivity index (χ1) is 10.4. The first kappa shape index (κ1) is 22.0. The van der Waals surface area contributed by atoms with E-state index in [9.17, 15) is 13.2 Å². The molecule has 0 radical (unpaired) electrons. The van der Waals surface area contributed by atoms with Crippen LogP contribution in [0, 0.1) is 0 Å². The molecule has 132 valence electrons. The lowest BCUT2D eigenvalue weighted by Gasteiger charge is -2.19. The Hall–Kier alpha value is -1.03. The summed E-state index contributed by atoms with van der Waals surface area (Å²) < 4.78 is 36.7. The third-order valence-corrected chi connectivity index (χ3v) is 2.84. The Morgan fingerprint density at radius 1 is 1.17 bits per heavy atom. The maximum Gasteiger partial charge on any atom is 0.401 e. The maximum absolute atomic E-state index is 12.2. The van der Waals surface area contributed by atoms with E-state index in [0.29, 0.717) is 25.6 Å². The van der Waals surface area contributed by atoms with Gasteiger partial charge in [-0.25, -0.2) is 4.99 Å². The molecule has 0 aromatic heterocycles. The van der Waals surface area contributed by atoms with Gasteiger partial charge in [-0.05, 0) is 19.5 Å². The van der Waals surface area contributed by atoms with Crippen LogP contribution >= 0.6 is 24.0 Å². The largest absolute Gasteiger partial charge is 0.401 e. The lowest BCUT2D eigenvalue weighted by atomic mass is 10.2. The number of hydrogen-bond acceptors (Lipinski definition) is 2. The molecule has 2 N–H and O–H groups in total. The van der Waals surface area contributed by atoms with Gasteiger partial charge in [0.1, 0.15) is 0 Å². The summed E-state index contributed by atoms with van der Waals surface area (Å²) in [5.41, 5.74) is 1.08. The normalized spacial score (nSPS) is 12.0. The molecular formula is C15H24F3IN4. The van der Waals surface area contributed by atoms with Gasteiger partial charge in [-0.1, -0.05) is 30.3 Å². The second-order valence-corrected chi connectivity index (χ2v) is 4.96. The minimum absolute atomic E-state index is 0. The zero-order valence-electron chi connectivity index (χ0n) is 13.4. The van der Waals surface area contributed by atoms with Crippen molar-refractivity contribution in [1.82, 2.24) is 15.5 Å². The number of guanidine groups is 1. The molecule has 0 aliphatic rings. The van der Waals surface area contributed by atoms with Crippen LogP contribution in [0.2, 0.25) is 0 Å². The number of aliphatic imine (C=N–C) groups is 1. The third kappa shape index (κ3) is 11.2. The van der Waals surface area contributed by atoms with Crippen molar-refractivity contribution in [1.29, 1.82) is 0 Å². The first-order valence-corrected chi connectivity index (χ1v) is 7.22. The van der Waals surface area contributed by atoms with Gasteiger partial charge in [0.15, 0.2) is 5.96 Å². The van der Waals surface area contributed by atoms with Crippen LogP contribution in [0.5, 0.6) is 0 Å². The minimum Gasteiger partial charge on any atom is -0.357 e. The molecule has 0 saturated carbocycles. The smallest absolute Gasteiger partial charge is 0.357 e. The topological polar surface area (TPSA) is 39.7 Å². The van der Waals surface area contributed by atoms with E-state index < -0.39 is 12.7 Å². The molecule has 0 heterocycles. The Labute approximate surface area is 152 Å². The number of nitrogens with one attached hydrogen (secondary N) is 2. The molecular weight excluding hydrogens is 420 g/mol.